The Morgan fingerprint density at radius 3 is 2.95 bits per heavy atom. The Morgan fingerprint density at radius 1 is 1.47 bits per heavy atom. The van der Waals surface area contributed by atoms with Gasteiger partial charge in [-0.15, -0.1) is 12.4 Å². The van der Waals surface area contributed by atoms with E-state index in [0.29, 0.717) is 18.1 Å². The summed E-state index contributed by atoms with van der Waals surface area (Å²) in [7, 11) is 0. The number of aliphatic hydroxyl groups excluding tert-OH is 1. The van der Waals surface area contributed by atoms with E-state index in [-0.39, 0.29) is 18.4 Å². The van der Waals surface area contributed by atoms with Crippen LogP contribution in [0.15, 0.2) is 22.7 Å². The molecule has 1 aliphatic rings. The van der Waals surface area contributed by atoms with Crippen LogP contribution in [0.2, 0.25) is 0 Å². The van der Waals surface area contributed by atoms with E-state index in [1.165, 1.54) is 0 Å². The summed E-state index contributed by atoms with van der Waals surface area (Å²) in [5.41, 5.74) is 8.88. The quantitative estimate of drug-likeness (QED) is 0.874. The lowest BCUT2D eigenvalue weighted by Crippen LogP contribution is -2.21. The molecular weight excluding hydrogens is 266 g/mol. The lowest BCUT2D eigenvalue weighted by Gasteiger charge is -2.08. The third-order valence-corrected chi connectivity index (χ3v) is 3.37. The fraction of sp³-hybridized carbons (Fsp3) is 0.385. The molecule has 0 bridgehead atoms. The zero-order valence-corrected chi connectivity index (χ0v) is 11.4. The van der Waals surface area contributed by atoms with Crippen LogP contribution in [0.5, 0.6) is 0 Å². The standard InChI is InChI=1S/C13H15N3O2.ClH/c1-2-11-15-13(16-18-11)7-3-4-9-8(5-7)6-10(17)12(9)14;/h3-5,10,12,17H,2,6,14H2,1H3;1H/t10-,12-;/m0./s1. The Morgan fingerprint density at radius 2 is 2.26 bits per heavy atom. The number of halogens is 1. The molecule has 3 rings (SSSR count). The zero-order chi connectivity index (χ0) is 12.7. The number of benzene rings is 1. The number of nitrogens with zero attached hydrogens (tertiary/aromatic N) is 2. The highest BCUT2D eigenvalue weighted by Crippen LogP contribution is 2.32. The Balaban J connectivity index is 0.00000133. The van der Waals surface area contributed by atoms with Crippen LogP contribution in [0.25, 0.3) is 11.4 Å². The van der Waals surface area contributed by atoms with Gasteiger partial charge >= 0.3 is 0 Å². The normalized spacial score (nSPS) is 21.0. The van der Waals surface area contributed by atoms with Gasteiger partial charge in [-0.1, -0.05) is 24.2 Å². The third kappa shape index (κ3) is 2.36. The molecule has 19 heavy (non-hydrogen) atoms. The Labute approximate surface area is 117 Å². The van der Waals surface area contributed by atoms with Crippen molar-refractivity contribution in [1.82, 2.24) is 10.1 Å². The largest absolute Gasteiger partial charge is 0.391 e. The zero-order valence-electron chi connectivity index (χ0n) is 10.5. The van der Waals surface area contributed by atoms with Crippen molar-refractivity contribution in [1.29, 1.82) is 0 Å². The van der Waals surface area contributed by atoms with Gasteiger partial charge in [0.05, 0.1) is 12.1 Å². The summed E-state index contributed by atoms with van der Waals surface area (Å²) in [6.07, 6.45) is 0.816. The highest BCUT2D eigenvalue weighted by atomic mass is 35.5. The highest BCUT2D eigenvalue weighted by Gasteiger charge is 2.28. The molecule has 0 saturated heterocycles. The smallest absolute Gasteiger partial charge is 0.226 e. The van der Waals surface area contributed by atoms with E-state index in [4.69, 9.17) is 10.3 Å². The molecule has 2 aromatic rings. The third-order valence-electron chi connectivity index (χ3n) is 3.37. The molecule has 6 heteroatoms. The van der Waals surface area contributed by atoms with Gasteiger partial charge in [0.1, 0.15) is 0 Å². The number of aliphatic hydroxyl groups is 1. The maximum Gasteiger partial charge on any atom is 0.226 e. The molecule has 0 fully saturated rings. The number of hydrogen-bond donors (Lipinski definition) is 2. The van der Waals surface area contributed by atoms with Crippen LogP contribution < -0.4 is 5.73 Å². The van der Waals surface area contributed by atoms with Gasteiger partial charge in [-0.25, -0.2) is 0 Å². The van der Waals surface area contributed by atoms with E-state index in [1.807, 2.05) is 25.1 Å². The number of aryl methyl sites for hydroxylation is 1. The Kier molecular flexibility index (Phi) is 3.89. The summed E-state index contributed by atoms with van der Waals surface area (Å²) >= 11 is 0. The highest BCUT2D eigenvalue weighted by molar-refractivity contribution is 5.85. The fourth-order valence-electron chi connectivity index (χ4n) is 2.32. The van der Waals surface area contributed by atoms with Crippen LogP contribution >= 0.6 is 12.4 Å². The van der Waals surface area contributed by atoms with Crippen LogP contribution in [0.4, 0.5) is 0 Å². The molecule has 2 atom stereocenters. The molecule has 0 radical (unpaired) electrons. The molecule has 102 valence electrons. The fourth-order valence-corrected chi connectivity index (χ4v) is 2.32. The molecule has 1 aromatic heterocycles. The minimum Gasteiger partial charge on any atom is -0.391 e. The second-order valence-corrected chi connectivity index (χ2v) is 4.58. The molecule has 3 N–H and O–H groups in total. The molecule has 1 aliphatic carbocycles. The molecule has 0 unspecified atom stereocenters. The molecule has 0 aliphatic heterocycles. The lowest BCUT2D eigenvalue weighted by molar-refractivity contribution is 0.158. The second kappa shape index (κ2) is 5.28. The summed E-state index contributed by atoms with van der Waals surface area (Å²) in [5.74, 6) is 1.21. The van der Waals surface area contributed by atoms with E-state index in [2.05, 4.69) is 10.1 Å². The first kappa shape index (κ1) is 14.0. The van der Waals surface area contributed by atoms with E-state index < -0.39 is 6.10 Å². The van der Waals surface area contributed by atoms with E-state index in [9.17, 15) is 5.11 Å². The molecular formula is C13H16ClN3O2. The average molecular weight is 282 g/mol. The molecule has 5 nitrogen and oxygen atoms in total. The van der Waals surface area contributed by atoms with Gasteiger partial charge in [0.25, 0.3) is 0 Å². The predicted molar refractivity (Wildman–Crippen MR) is 73.0 cm³/mol. The van der Waals surface area contributed by atoms with Gasteiger partial charge in [0, 0.05) is 18.4 Å². The van der Waals surface area contributed by atoms with Crippen LogP contribution in [-0.2, 0) is 12.8 Å². The number of aromatic nitrogens is 2. The van der Waals surface area contributed by atoms with E-state index in [0.717, 1.165) is 23.1 Å². The Bertz CT molecular complexity index is 585. The summed E-state index contributed by atoms with van der Waals surface area (Å²) in [4.78, 5) is 4.29. The van der Waals surface area contributed by atoms with Crippen LogP contribution in [0.3, 0.4) is 0 Å². The Hall–Kier alpha value is -1.43. The summed E-state index contributed by atoms with van der Waals surface area (Å²) in [6.45, 7) is 1.97. The van der Waals surface area contributed by atoms with Gasteiger partial charge in [0.2, 0.25) is 11.7 Å². The molecule has 1 heterocycles. The van der Waals surface area contributed by atoms with Crippen molar-refractivity contribution in [2.24, 2.45) is 5.73 Å². The van der Waals surface area contributed by atoms with Gasteiger partial charge in [-0.3, -0.25) is 0 Å². The number of nitrogens with two attached hydrogens (primary N) is 1. The number of fused-ring (bicyclic) bond motifs is 1. The molecule has 1 aromatic carbocycles. The first-order valence-corrected chi connectivity index (χ1v) is 6.08. The summed E-state index contributed by atoms with van der Waals surface area (Å²) in [5, 5.41) is 13.7. The second-order valence-electron chi connectivity index (χ2n) is 4.58. The average Bonchev–Trinajstić information content (AvgIpc) is 2.95. The molecule has 0 spiro atoms. The van der Waals surface area contributed by atoms with Gasteiger partial charge in [0.15, 0.2) is 0 Å². The molecule has 0 saturated carbocycles. The van der Waals surface area contributed by atoms with Crippen molar-refractivity contribution in [2.45, 2.75) is 31.9 Å². The van der Waals surface area contributed by atoms with Gasteiger partial charge < -0.3 is 15.4 Å². The lowest BCUT2D eigenvalue weighted by atomic mass is 10.0. The van der Waals surface area contributed by atoms with E-state index in [1.54, 1.807) is 0 Å². The minimum atomic E-state index is -0.494. The van der Waals surface area contributed by atoms with E-state index >= 15 is 0 Å². The summed E-state index contributed by atoms with van der Waals surface area (Å²) < 4.78 is 5.09. The SMILES string of the molecule is CCc1nc(-c2ccc3c(c2)C[C@H](O)[C@H]3N)no1.Cl. The molecule has 0 amide bonds. The van der Waals surface area contributed by atoms with Crippen LogP contribution in [0.1, 0.15) is 30.0 Å². The summed E-state index contributed by atoms with van der Waals surface area (Å²) in [6, 6.07) is 5.55. The van der Waals surface area contributed by atoms with Crippen LogP contribution in [0, 0.1) is 0 Å². The van der Waals surface area contributed by atoms with Crippen molar-refractivity contribution in [3.8, 4) is 11.4 Å². The monoisotopic (exact) mass is 281 g/mol. The number of rotatable bonds is 2. The maximum absolute atomic E-state index is 9.75. The first-order valence-electron chi connectivity index (χ1n) is 6.08. The van der Waals surface area contributed by atoms with Crippen molar-refractivity contribution in [3.05, 3.63) is 35.2 Å². The first-order chi connectivity index (χ1) is 8.69. The van der Waals surface area contributed by atoms with Gasteiger partial charge in [-0.2, -0.15) is 4.98 Å². The number of hydrogen-bond acceptors (Lipinski definition) is 5. The maximum atomic E-state index is 9.75. The minimum absolute atomic E-state index is 0. The topological polar surface area (TPSA) is 85.2 Å². The van der Waals surface area contributed by atoms with Crippen LogP contribution in [-0.4, -0.2) is 21.4 Å². The van der Waals surface area contributed by atoms with Crippen molar-refractivity contribution >= 4 is 12.4 Å². The van der Waals surface area contributed by atoms with Crippen molar-refractivity contribution in [2.75, 3.05) is 0 Å². The van der Waals surface area contributed by atoms with Crippen molar-refractivity contribution in [3.63, 3.8) is 0 Å². The predicted octanol–water partition coefficient (Wildman–Crippen LogP) is 1.64. The van der Waals surface area contributed by atoms with Gasteiger partial charge in [-0.05, 0) is 17.2 Å². The van der Waals surface area contributed by atoms with Crippen molar-refractivity contribution < 1.29 is 9.63 Å².